The molecule has 1 N–H and O–H groups in total. The van der Waals surface area contributed by atoms with E-state index in [0.717, 1.165) is 26.8 Å². The largest absolute Gasteiger partial charge is 0.494 e. The third kappa shape index (κ3) is 7.18. The third-order valence-electron chi connectivity index (χ3n) is 7.53. The minimum absolute atomic E-state index is 0.00486. The fourth-order valence-corrected chi connectivity index (χ4v) is 6.10. The van der Waals surface area contributed by atoms with E-state index in [-0.39, 0.29) is 30.7 Å². The first-order valence-corrected chi connectivity index (χ1v) is 15.5. The van der Waals surface area contributed by atoms with Crippen molar-refractivity contribution >= 4 is 39.1 Å². The second-order valence-corrected chi connectivity index (χ2v) is 11.4. The Morgan fingerprint density at radius 1 is 0.848 bits per heavy atom. The van der Waals surface area contributed by atoms with Crippen LogP contribution in [0, 0.1) is 6.92 Å². The second-order valence-electron chi connectivity index (χ2n) is 10.5. The molecule has 2 aromatic heterocycles. The molecule has 5 aromatic rings. The summed E-state index contributed by atoms with van der Waals surface area (Å²) < 4.78 is 22.8. The Labute approximate surface area is 271 Å². The summed E-state index contributed by atoms with van der Waals surface area (Å²) in [6, 6.07) is 22.2. The maximum atomic E-state index is 14.1. The van der Waals surface area contributed by atoms with Gasteiger partial charge in [0.25, 0.3) is 5.91 Å². The van der Waals surface area contributed by atoms with E-state index in [1.54, 1.807) is 42.7 Å². The molecule has 236 valence electrons. The number of aromatic nitrogens is 1. The average Bonchev–Trinajstić information content (AvgIpc) is 3.54. The van der Waals surface area contributed by atoms with Crippen molar-refractivity contribution in [2.24, 2.45) is 0 Å². The van der Waals surface area contributed by atoms with Gasteiger partial charge in [-0.15, -0.1) is 11.3 Å². The molecule has 0 bridgehead atoms. The van der Waals surface area contributed by atoms with E-state index in [4.69, 9.17) is 23.9 Å². The standard InChI is InChI=1S/C36H34N2O7S/c1-22-9-8-12-25-26(21-46-35(22)25)33-30(43-3)17-14-27(37-33)34(40)28(15-18-32(39)45-20-23-10-6-5-7-11-23)38-36(41)24-13-16-29(42-2)31(19-24)44-4/h5-14,16-17,19,21,28H,15,18,20H2,1-4H3,(H,38,41)/t28-/m0/s1. The third-order valence-corrected chi connectivity index (χ3v) is 8.66. The number of nitrogens with one attached hydrogen (secondary N) is 1. The number of methoxy groups -OCH3 is 3. The molecular weight excluding hydrogens is 604 g/mol. The summed E-state index contributed by atoms with van der Waals surface area (Å²) in [5, 5.41) is 5.80. The van der Waals surface area contributed by atoms with Crippen LogP contribution in [0.2, 0.25) is 0 Å². The lowest BCUT2D eigenvalue weighted by molar-refractivity contribution is -0.145. The van der Waals surface area contributed by atoms with Gasteiger partial charge in [-0.2, -0.15) is 0 Å². The summed E-state index contributed by atoms with van der Waals surface area (Å²) in [5.74, 6) is -0.144. The van der Waals surface area contributed by atoms with Crippen LogP contribution in [0.3, 0.4) is 0 Å². The van der Waals surface area contributed by atoms with Gasteiger partial charge in [0.1, 0.15) is 23.7 Å². The zero-order chi connectivity index (χ0) is 32.6. The fourth-order valence-electron chi connectivity index (χ4n) is 5.07. The van der Waals surface area contributed by atoms with Gasteiger partial charge < -0.3 is 24.3 Å². The molecule has 46 heavy (non-hydrogen) atoms. The van der Waals surface area contributed by atoms with Gasteiger partial charge in [-0.3, -0.25) is 14.4 Å². The highest BCUT2D eigenvalue weighted by Gasteiger charge is 2.27. The summed E-state index contributed by atoms with van der Waals surface area (Å²) in [6.07, 6.45) is -0.109. The highest BCUT2D eigenvalue weighted by Crippen LogP contribution is 2.39. The van der Waals surface area contributed by atoms with Gasteiger partial charge in [0.15, 0.2) is 11.5 Å². The van der Waals surface area contributed by atoms with Gasteiger partial charge in [0, 0.05) is 33.0 Å². The first kappa shape index (κ1) is 32.2. The molecule has 0 aliphatic heterocycles. The summed E-state index contributed by atoms with van der Waals surface area (Å²) in [6.45, 7) is 2.15. The van der Waals surface area contributed by atoms with E-state index < -0.39 is 23.7 Å². The van der Waals surface area contributed by atoms with Crippen LogP contribution in [0.4, 0.5) is 0 Å². The molecule has 2 heterocycles. The number of benzene rings is 3. The molecule has 0 aliphatic rings. The summed E-state index contributed by atoms with van der Waals surface area (Å²) >= 11 is 1.59. The van der Waals surface area contributed by atoms with Gasteiger partial charge in [-0.1, -0.05) is 48.5 Å². The lowest BCUT2D eigenvalue weighted by Gasteiger charge is -2.19. The molecule has 3 aromatic carbocycles. The number of amides is 1. The SMILES string of the molecule is COc1ccc(C(=O)N[C@@H](CCC(=O)OCc2ccccc2)C(=O)c2ccc(OC)c(-c3csc4c(C)cccc34)n2)cc1OC. The van der Waals surface area contributed by atoms with E-state index in [0.29, 0.717) is 22.9 Å². The number of aryl methyl sites for hydroxylation is 1. The molecule has 0 aliphatic carbocycles. The van der Waals surface area contributed by atoms with E-state index in [2.05, 4.69) is 5.32 Å². The smallest absolute Gasteiger partial charge is 0.306 e. The molecule has 9 nitrogen and oxygen atoms in total. The van der Waals surface area contributed by atoms with Crippen molar-refractivity contribution in [3.63, 3.8) is 0 Å². The average molecular weight is 639 g/mol. The number of hydrogen-bond donors (Lipinski definition) is 1. The Morgan fingerprint density at radius 2 is 1.59 bits per heavy atom. The van der Waals surface area contributed by atoms with E-state index in [1.165, 1.54) is 20.3 Å². The zero-order valence-electron chi connectivity index (χ0n) is 26.0. The Bertz CT molecular complexity index is 1870. The number of Topliss-reactive ketones (excluding diaryl/α,β-unsaturated/α-hetero) is 1. The Balaban J connectivity index is 1.43. The van der Waals surface area contributed by atoms with Crippen LogP contribution >= 0.6 is 11.3 Å². The van der Waals surface area contributed by atoms with Crippen molar-refractivity contribution in [3.05, 3.63) is 107 Å². The van der Waals surface area contributed by atoms with Crippen LogP contribution in [0.1, 0.15) is 44.8 Å². The van der Waals surface area contributed by atoms with E-state index in [1.807, 2.05) is 60.8 Å². The molecule has 1 amide bonds. The molecule has 10 heteroatoms. The highest BCUT2D eigenvalue weighted by molar-refractivity contribution is 7.18. The maximum Gasteiger partial charge on any atom is 0.306 e. The number of ether oxygens (including phenoxy) is 4. The topological polar surface area (TPSA) is 113 Å². The van der Waals surface area contributed by atoms with Crippen LogP contribution < -0.4 is 19.5 Å². The number of hydrogen-bond acceptors (Lipinski definition) is 9. The number of ketones is 1. The molecule has 0 unspecified atom stereocenters. The molecule has 0 radical (unpaired) electrons. The van der Waals surface area contributed by atoms with Gasteiger partial charge in [-0.05, 0) is 54.8 Å². The number of nitrogens with zero attached hydrogens (tertiary/aromatic N) is 1. The first-order valence-electron chi connectivity index (χ1n) is 14.6. The zero-order valence-corrected chi connectivity index (χ0v) is 26.8. The molecule has 0 fully saturated rings. The number of carbonyl (C=O) groups excluding carboxylic acids is 3. The highest BCUT2D eigenvalue weighted by atomic mass is 32.1. The number of fused-ring (bicyclic) bond motifs is 1. The lowest BCUT2D eigenvalue weighted by Crippen LogP contribution is -2.41. The van der Waals surface area contributed by atoms with Gasteiger partial charge in [-0.25, -0.2) is 4.98 Å². The summed E-state index contributed by atoms with van der Waals surface area (Å²) in [5.41, 5.74) is 3.71. The van der Waals surface area contributed by atoms with Crippen LogP contribution in [-0.4, -0.2) is 50.0 Å². The summed E-state index contributed by atoms with van der Waals surface area (Å²) in [7, 11) is 4.52. The summed E-state index contributed by atoms with van der Waals surface area (Å²) in [4.78, 5) is 45.0. The first-order chi connectivity index (χ1) is 22.3. The lowest BCUT2D eigenvalue weighted by atomic mass is 10.0. The van der Waals surface area contributed by atoms with Gasteiger partial charge in [0.2, 0.25) is 5.78 Å². The number of thiophene rings is 1. The Hall–Kier alpha value is -5.22. The van der Waals surface area contributed by atoms with Gasteiger partial charge >= 0.3 is 5.97 Å². The van der Waals surface area contributed by atoms with Crippen molar-refractivity contribution in [1.82, 2.24) is 10.3 Å². The Morgan fingerprint density at radius 3 is 2.33 bits per heavy atom. The molecular formula is C36H34N2O7S. The van der Waals surface area contributed by atoms with Crippen LogP contribution in [0.5, 0.6) is 17.2 Å². The number of pyridine rings is 1. The van der Waals surface area contributed by atoms with Crippen molar-refractivity contribution in [2.45, 2.75) is 32.4 Å². The molecule has 0 spiro atoms. The molecule has 1 atom stereocenters. The van der Waals surface area contributed by atoms with E-state index >= 15 is 0 Å². The number of rotatable bonds is 13. The predicted octanol–water partition coefficient (Wildman–Crippen LogP) is 6.80. The fraction of sp³-hybridized carbons (Fsp3) is 0.222. The minimum atomic E-state index is -1.08. The maximum absolute atomic E-state index is 14.1. The normalized spacial score (nSPS) is 11.5. The quantitative estimate of drug-likeness (QED) is 0.111. The predicted molar refractivity (Wildman–Crippen MR) is 177 cm³/mol. The second kappa shape index (κ2) is 14.7. The van der Waals surface area contributed by atoms with E-state index in [9.17, 15) is 14.4 Å². The molecule has 0 saturated heterocycles. The van der Waals surface area contributed by atoms with Crippen molar-refractivity contribution in [2.75, 3.05) is 21.3 Å². The number of carbonyl (C=O) groups is 3. The van der Waals surface area contributed by atoms with Crippen LogP contribution in [-0.2, 0) is 16.1 Å². The van der Waals surface area contributed by atoms with Gasteiger partial charge in [0.05, 0.1) is 27.4 Å². The number of esters is 1. The van der Waals surface area contributed by atoms with Crippen LogP contribution in [0.15, 0.2) is 84.2 Å². The molecule has 5 rings (SSSR count). The minimum Gasteiger partial charge on any atom is -0.494 e. The monoisotopic (exact) mass is 638 g/mol. The van der Waals surface area contributed by atoms with Crippen molar-refractivity contribution in [1.29, 1.82) is 0 Å². The molecule has 0 saturated carbocycles. The van der Waals surface area contributed by atoms with Crippen LogP contribution in [0.25, 0.3) is 21.3 Å². The van der Waals surface area contributed by atoms with Crippen molar-refractivity contribution < 1.29 is 33.3 Å². The Kier molecular flexibility index (Phi) is 10.3. The van der Waals surface area contributed by atoms with Crippen molar-refractivity contribution in [3.8, 4) is 28.5 Å².